The number of para-hydroxylation sites is 1. The zero-order chi connectivity index (χ0) is 17.6. The van der Waals surface area contributed by atoms with Gasteiger partial charge in [-0.05, 0) is 42.8 Å². The van der Waals surface area contributed by atoms with Gasteiger partial charge in [0.05, 0.1) is 0 Å². The van der Waals surface area contributed by atoms with Gasteiger partial charge in [-0.1, -0.05) is 29.8 Å². The predicted molar refractivity (Wildman–Crippen MR) is 103 cm³/mol. The summed E-state index contributed by atoms with van der Waals surface area (Å²) in [6.45, 7) is 6.74. The van der Waals surface area contributed by atoms with Gasteiger partial charge in [-0.15, -0.1) is 0 Å². The molecule has 1 aliphatic rings. The number of β-amino-alcohol motifs (C(OH)–C–C–N with tert-alkyl or cyclic N) is 1. The Hall–Kier alpha value is -1.75. The number of piperazine rings is 1. The van der Waals surface area contributed by atoms with Crippen LogP contribution < -0.4 is 9.64 Å². The molecule has 0 saturated carbocycles. The molecular weight excluding hydrogens is 336 g/mol. The third kappa shape index (κ3) is 5.11. The summed E-state index contributed by atoms with van der Waals surface area (Å²) in [5.41, 5.74) is 2.25. The first-order valence-corrected chi connectivity index (χ1v) is 9.09. The quantitative estimate of drug-likeness (QED) is 0.858. The van der Waals surface area contributed by atoms with Crippen LogP contribution in [0, 0.1) is 6.92 Å². The van der Waals surface area contributed by atoms with Gasteiger partial charge < -0.3 is 14.7 Å². The highest BCUT2D eigenvalue weighted by molar-refractivity contribution is 6.30. The lowest BCUT2D eigenvalue weighted by Crippen LogP contribution is -2.49. The van der Waals surface area contributed by atoms with E-state index >= 15 is 0 Å². The van der Waals surface area contributed by atoms with Gasteiger partial charge in [-0.3, -0.25) is 4.90 Å². The van der Waals surface area contributed by atoms with Crippen LogP contribution in [0.1, 0.15) is 5.56 Å². The van der Waals surface area contributed by atoms with Crippen molar-refractivity contribution in [2.24, 2.45) is 0 Å². The SMILES string of the molecule is Cc1cc(Cl)ccc1OC[C@@H](O)CN1CCN(c2ccccc2)CC1. The maximum absolute atomic E-state index is 10.3. The Morgan fingerprint density at radius 1 is 1.08 bits per heavy atom. The number of hydrogen-bond donors (Lipinski definition) is 1. The van der Waals surface area contributed by atoms with Crippen LogP contribution in [0.4, 0.5) is 5.69 Å². The molecule has 134 valence electrons. The average Bonchev–Trinajstić information content (AvgIpc) is 2.62. The summed E-state index contributed by atoms with van der Waals surface area (Å²) in [6, 6.07) is 16.0. The van der Waals surface area contributed by atoms with Crippen molar-refractivity contribution in [2.75, 3.05) is 44.2 Å². The van der Waals surface area contributed by atoms with Gasteiger partial charge in [-0.2, -0.15) is 0 Å². The summed E-state index contributed by atoms with van der Waals surface area (Å²) < 4.78 is 5.74. The molecular formula is C20H25ClN2O2. The Morgan fingerprint density at radius 3 is 2.48 bits per heavy atom. The standard InChI is InChI=1S/C20H25ClN2O2/c1-16-13-17(21)7-8-20(16)25-15-19(24)14-22-9-11-23(12-10-22)18-5-3-2-4-6-18/h2-8,13,19,24H,9-12,14-15H2,1H3/t19-/m0/s1. The molecule has 1 N–H and O–H groups in total. The Balaban J connectivity index is 1.42. The van der Waals surface area contributed by atoms with E-state index in [0.717, 1.165) is 37.5 Å². The van der Waals surface area contributed by atoms with Gasteiger partial charge in [0.2, 0.25) is 0 Å². The van der Waals surface area contributed by atoms with E-state index in [1.807, 2.05) is 25.1 Å². The van der Waals surface area contributed by atoms with Crippen LogP contribution in [0.2, 0.25) is 5.02 Å². The molecule has 1 aliphatic heterocycles. The van der Waals surface area contributed by atoms with Crippen molar-refractivity contribution in [1.82, 2.24) is 4.90 Å². The number of aliphatic hydroxyl groups excluding tert-OH is 1. The highest BCUT2D eigenvalue weighted by atomic mass is 35.5. The maximum Gasteiger partial charge on any atom is 0.122 e. The second kappa shape index (κ2) is 8.56. The minimum atomic E-state index is -0.502. The Bertz CT molecular complexity index is 673. The Labute approximate surface area is 154 Å². The number of benzene rings is 2. The molecule has 2 aromatic rings. The van der Waals surface area contributed by atoms with Crippen LogP contribution in [0.25, 0.3) is 0 Å². The summed E-state index contributed by atoms with van der Waals surface area (Å²) in [5, 5.41) is 11.0. The number of hydrogen-bond acceptors (Lipinski definition) is 4. The first-order valence-electron chi connectivity index (χ1n) is 8.71. The number of ether oxygens (including phenoxy) is 1. The molecule has 0 spiro atoms. The maximum atomic E-state index is 10.3. The molecule has 3 rings (SSSR count). The molecule has 2 aromatic carbocycles. The molecule has 0 amide bonds. The predicted octanol–water partition coefficient (Wildman–Crippen LogP) is 3.21. The third-order valence-corrected chi connectivity index (χ3v) is 4.77. The highest BCUT2D eigenvalue weighted by Gasteiger charge is 2.19. The molecule has 1 heterocycles. The Morgan fingerprint density at radius 2 is 1.80 bits per heavy atom. The van der Waals surface area contributed by atoms with Gasteiger partial charge in [-0.25, -0.2) is 0 Å². The van der Waals surface area contributed by atoms with E-state index in [1.165, 1.54) is 5.69 Å². The van der Waals surface area contributed by atoms with E-state index in [-0.39, 0.29) is 0 Å². The van der Waals surface area contributed by atoms with E-state index < -0.39 is 6.10 Å². The molecule has 25 heavy (non-hydrogen) atoms. The molecule has 1 fully saturated rings. The first-order chi connectivity index (χ1) is 12.1. The summed E-state index contributed by atoms with van der Waals surface area (Å²) in [6.07, 6.45) is -0.502. The molecule has 0 bridgehead atoms. The van der Waals surface area contributed by atoms with Crippen molar-refractivity contribution in [3.63, 3.8) is 0 Å². The van der Waals surface area contributed by atoms with Crippen LogP contribution >= 0.6 is 11.6 Å². The lowest BCUT2D eigenvalue weighted by Gasteiger charge is -2.36. The molecule has 4 nitrogen and oxygen atoms in total. The van der Waals surface area contributed by atoms with Crippen molar-refractivity contribution < 1.29 is 9.84 Å². The number of halogens is 1. The van der Waals surface area contributed by atoms with E-state index in [1.54, 1.807) is 6.07 Å². The molecule has 1 atom stereocenters. The van der Waals surface area contributed by atoms with E-state index in [9.17, 15) is 5.11 Å². The molecule has 0 radical (unpaired) electrons. The van der Waals surface area contributed by atoms with Crippen molar-refractivity contribution in [3.8, 4) is 5.75 Å². The molecule has 5 heteroatoms. The minimum Gasteiger partial charge on any atom is -0.491 e. The van der Waals surface area contributed by atoms with Crippen LogP contribution in [-0.4, -0.2) is 55.4 Å². The van der Waals surface area contributed by atoms with Crippen LogP contribution in [0.5, 0.6) is 5.75 Å². The van der Waals surface area contributed by atoms with Crippen molar-refractivity contribution in [2.45, 2.75) is 13.0 Å². The largest absolute Gasteiger partial charge is 0.491 e. The summed E-state index contributed by atoms with van der Waals surface area (Å²) in [4.78, 5) is 4.68. The first kappa shape index (κ1) is 18.1. The Kier molecular flexibility index (Phi) is 6.19. The summed E-state index contributed by atoms with van der Waals surface area (Å²) in [5.74, 6) is 0.775. The normalized spacial score (nSPS) is 16.7. The van der Waals surface area contributed by atoms with Crippen LogP contribution in [0.15, 0.2) is 48.5 Å². The van der Waals surface area contributed by atoms with Crippen molar-refractivity contribution in [3.05, 3.63) is 59.1 Å². The van der Waals surface area contributed by atoms with E-state index in [4.69, 9.17) is 16.3 Å². The topological polar surface area (TPSA) is 35.9 Å². The van der Waals surface area contributed by atoms with E-state index in [0.29, 0.717) is 18.2 Å². The molecule has 0 aliphatic carbocycles. The van der Waals surface area contributed by atoms with Crippen LogP contribution in [-0.2, 0) is 0 Å². The fourth-order valence-electron chi connectivity index (χ4n) is 3.14. The zero-order valence-corrected chi connectivity index (χ0v) is 15.3. The smallest absolute Gasteiger partial charge is 0.122 e. The number of rotatable bonds is 6. The van der Waals surface area contributed by atoms with Gasteiger partial charge in [0.15, 0.2) is 0 Å². The van der Waals surface area contributed by atoms with Crippen molar-refractivity contribution in [1.29, 1.82) is 0 Å². The highest BCUT2D eigenvalue weighted by Crippen LogP contribution is 2.22. The fraction of sp³-hybridized carbons (Fsp3) is 0.400. The molecule has 1 saturated heterocycles. The fourth-order valence-corrected chi connectivity index (χ4v) is 3.37. The lowest BCUT2D eigenvalue weighted by atomic mass is 10.2. The zero-order valence-electron chi connectivity index (χ0n) is 14.6. The van der Waals surface area contributed by atoms with Gasteiger partial charge in [0.25, 0.3) is 0 Å². The van der Waals surface area contributed by atoms with Gasteiger partial charge >= 0.3 is 0 Å². The average molecular weight is 361 g/mol. The number of anilines is 1. The monoisotopic (exact) mass is 360 g/mol. The van der Waals surface area contributed by atoms with Gasteiger partial charge in [0, 0.05) is 43.4 Å². The second-order valence-corrected chi connectivity index (χ2v) is 6.93. The minimum absolute atomic E-state index is 0.293. The summed E-state index contributed by atoms with van der Waals surface area (Å²) >= 11 is 5.95. The van der Waals surface area contributed by atoms with Crippen molar-refractivity contribution >= 4 is 17.3 Å². The molecule has 0 aromatic heterocycles. The summed E-state index contributed by atoms with van der Waals surface area (Å²) in [7, 11) is 0. The number of aryl methyl sites for hydroxylation is 1. The third-order valence-electron chi connectivity index (χ3n) is 4.53. The molecule has 0 unspecified atom stereocenters. The van der Waals surface area contributed by atoms with E-state index in [2.05, 4.69) is 34.1 Å². The number of nitrogens with zero attached hydrogens (tertiary/aromatic N) is 2. The lowest BCUT2D eigenvalue weighted by molar-refractivity contribution is 0.0661. The van der Waals surface area contributed by atoms with Crippen LogP contribution in [0.3, 0.4) is 0 Å². The second-order valence-electron chi connectivity index (χ2n) is 6.50. The number of aliphatic hydroxyl groups is 1. The van der Waals surface area contributed by atoms with Gasteiger partial charge in [0.1, 0.15) is 18.5 Å².